The summed E-state index contributed by atoms with van der Waals surface area (Å²) in [5.74, 6) is 0.230. The van der Waals surface area contributed by atoms with E-state index in [-0.39, 0.29) is 23.0 Å². The summed E-state index contributed by atoms with van der Waals surface area (Å²) in [4.78, 5) is 14.2. The molecule has 1 aliphatic carbocycles. The maximum Gasteiger partial charge on any atom is 0.257 e. The minimum Gasteiger partial charge on any atom is -0.508 e. The molecule has 2 aromatic carbocycles. The standard InChI is InChI=1S/C25H30N2O2/c1-3-27(4-2)24(29)18-9-10-21(23(28)15-18)22-17-25(11-13-26-14-12-25)16-19-7-5-6-8-20(19)22/h3,5-10,15,22,26,28H,1,4,11-14,16-17H2,2H3. The molecule has 1 atom stereocenters. The molecule has 0 aromatic heterocycles. The molecule has 152 valence electrons. The highest BCUT2D eigenvalue weighted by Gasteiger charge is 2.40. The minimum absolute atomic E-state index is 0.136. The van der Waals surface area contributed by atoms with E-state index < -0.39 is 0 Å². The van der Waals surface area contributed by atoms with Crippen LogP contribution in [0.25, 0.3) is 0 Å². The van der Waals surface area contributed by atoms with Crippen LogP contribution in [0.1, 0.15) is 59.2 Å². The van der Waals surface area contributed by atoms with Crippen molar-refractivity contribution >= 4 is 5.91 Å². The van der Waals surface area contributed by atoms with Crippen molar-refractivity contribution in [3.63, 3.8) is 0 Å². The van der Waals surface area contributed by atoms with Gasteiger partial charge in [-0.25, -0.2) is 0 Å². The quantitative estimate of drug-likeness (QED) is 0.811. The molecule has 1 amide bonds. The summed E-state index contributed by atoms with van der Waals surface area (Å²) >= 11 is 0. The molecule has 1 fully saturated rings. The van der Waals surface area contributed by atoms with Gasteiger partial charge in [-0.2, -0.15) is 0 Å². The molecule has 2 aromatic rings. The van der Waals surface area contributed by atoms with E-state index in [1.807, 2.05) is 19.1 Å². The first kappa shape index (κ1) is 19.7. The Morgan fingerprint density at radius 2 is 2.00 bits per heavy atom. The van der Waals surface area contributed by atoms with Gasteiger partial charge < -0.3 is 15.3 Å². The fraction of sp³-hybridized carbons (Fsp3) is 0.400. The highest BCUT2D eigenvalue weighted by atomic mass is 16.3. The van der Waals surface area contributed by atoms with Gasteiger partial charge in [0.25, 0.3) is 5.91 Å². The van der Waals surface area contributed by atoms with Crippen LogP contribution in [0.2, 0.25) is 0 Å². The molecule has 2 aliphatic rings. The molecule has 1 unspecified atom stereocenters. The predicted molar refractivity (Wildman–Crippen MR) is 116 cm³/mol. The van der Waals surface area contributed by atoms with Crippen LogP contribution in [-0.4, -0.2) is 35.5 Å². The molecular weight excluding hydrogens is 360 g/mol. The molecule has 1 saturated heterocycles. The Kier molecular flexibility index (Phi) is 5.46. The number of fused-ring (bicyclic) bond motifs is 1. The molecule has 2 N–H and O–H groups in total. The summed E-state index contributed by atoms with van der Waals surface area (Å²) in [6.07, 6.45) is 6.02. The molecule has 4 rings (SSSR count). The maximum atomic E-state index is 12.6. The third kappa shape index (κ3) is 3.69. The number of carbonyl (C=O) groups excluding carboxylic acids is 1. The topological polar surface area (TPSA) is 52.6 Å². The average molecular weight is 391 g/mol. The predicted octanol–water partition coefficient (Wildman–Crippen LogP) is 4.45. The molecular formula is C25H30N2O2. The third-order valence-electron chi connectivity index (χ3n) is 6.77. The van der Waals surface area contributed by atoms with Gasteiger partial charge in [0.05, 0.1) is 0 Å². The molecule has 1 aliphatic heterocycles. The van der Waals surface area contributed by atoms with Gasteiger partial charge in [0.15, 0.2) is 0 Å². The van der Waals surface area contributed by atoms with Crippen molar-refractivity contribution in [2.45, 2.75) is 38.5 Å². The van der Waals surface area contributed by atoms with Crippen molar-refractivity contribution in [3.8, 4) is 5.75 Å². The Morgan fingerprint density at radius 3 is 2.69 bits per heavy atom. The number of hydrogen-bond donors (Lipinski definition) is 2. The van der Waals surface area contributed by atoms with Crippen LogP contribution in [-0.2, 0) is 6.42 Å². The number of benzene rings is 2. The van der Waals surface area contributed by atoms with Gasteiger partial charge >= 0.3 is 0 Å². The zero-order valence-corrected chi connectivity index (χ0v) is 17.2. The maximum absolute atomic E-state index is 12.6. The number of hydrogen-bond acceptors (Lipinski definition) is 3. The number of carbonyl (C=O) groups is 1. The molecule has 4 heteroatoms. The number of aromatic hydroxyl groups is 1. The highest BCUT2D eigenvalue weighted by Crippen LogP contribution is 2.51. The number of piperidine rings is 1. The van der Waals surface area contributed by atoms with Crippen molar-refractivity contribution in [2.24, 2.45) is 5.41 Å². The van der Waals surface area contributed by atoms with Crippen LogP contribution in [0.4, 0.5) is 0 Å². The number of nitrogens with one attached hydrogen (secondary N) is 1. The summed E-state index contributed by atoms with van der Waals surface area (Å²) in [5.41, 5.74) is 4.41. The van der Waals surface area contributed by atoms with E-state index in [2.05, 4.69) is 36.2 Å². The lowest BCUT2D eigenvalue weighted by molar-refractivity contribution is 0.0828. The Hall–Kier alpha value is -2.59. The smallest absolute Gasteiger partial charge is 0.257 e. The first-order valence-electron chi connectivity index (χ1n) is 10.6. The van der Waals surface area contributed by atoms with Crippen molar-refractivity contribution in [2.75, 3.05) is 19.6 Å². The SMILES string of the molecule is C=CN(CC)C(=O)c1ccc(C2CC3(CCNCC3)Cc3ccccc32)c(O)c1. The van der Waals surface area contributed by atoms with Crippen LogP contribution in [0, 0.1) is 5.41 Å². The molecule has 0 saturated carbocycles. The third-order valence-corrected chi connectivity index (χ3v) is 6.77. The second-order valence-corrected chi connectivity index (χ2v) is 8.43. The normalized spacial score (nSPS) is 20.1. The number of phenolic OH excluding ortho intramolecular Hbond substituents is 1. The Morgan fingerprint density at radius 1 is 1.24 bits per heavy atom. The van der Waals surface area contributed by atoms with Gasteiger partial charge in [-0.1, -0.05) is 36.9 Å². The monoisotopic (exact) mass is 390 g/mol. The van der Waals surface area contributed by atoms with Crippen LogP contribution < -0.4 is 5.32 Å². The molecule has 29 heavy (non-hydrogen) atoms. The first-order valence-corrected chi connectivity index (χ1v) is 10.6. The summed E-state index contributed by atoms with van der Waals surface area (Å²) in [6.45, 7) is 8.28. The Balaban J connectivity index is 1.71. The van der Waals surface area contributed by atoms with Crippen molar-refractivity contribution in [3.05, 3.63) is 77.5 Å². The van der Waals surface area contributed by atoms with Crippen molar-refractivity contribution < 1.29 is 9.90 Å². The highest BCUT2D eigenvalue weighted by molar-refractivity contribution is 5.95. The second-order valence-electron chi connectivity index (χ2n) is 8.43. The second kappa shape index (κ2) is 8.03. The van der Waals surface area contributed by atoms with Crippen LogP contribution >= 0.6 is 0 Å². The number of nitrogens with zero attached hydrogens (tertiary/aromatic N) is 1. The molecule has 0 radical (unpaired) electrons. The summed E-state index contributed by atoms with van der Waals surface area (Å²) in [7, 11) is 0. The van der Waals surface area contributed by atoms with Gasteiger partial charge in [-0.05, 0) is 80.6 Å². The zero-order chi connectivity index (χ0) is 20.4. The van der Waals surface area contributed by atoms with E-state index >= 15 is 0 Å². The zero-order valence-electron chi connectivity index (χ0n) is 17.2. The van der Waals surface area contributed by atoms with Gasteiger partial charge in [-0.15, -0.1) is 0 Å². The lowest BCUT2D eigenvalue weighted by Crippen LogP contribution is -2.41. The summed E-state index contributed by atoms with van der Waals surface area (Å²) in [6, 6.07) is 14.1. The van der Waals surface area contributed by atoms with E-state index in [0.717, 1.165) is 31.5 Å². The van der Waals surface area contributed by atoms with Crippen LogP contribution in [0.15, 0.2) is 55.2 Å². The van der Waals surface area contributed by atoms with E-state index in [1.165, 1.54) is 30.2 Å². The van der Waals surface area contributed by atoms with E-state index in [0.29, 0.717) is 12.1 Å². The largest absolute Gasteiger partial charge is 0.508 e. The van der Waals surface area contributed by atoms with Gasteiger partial charge in [0.1, 0.15) is 5.75 Å². The molecule has 1 spiro atoms. The Bertz CT molecular complexity index is 915. The lowest BCUT2D eigenvalue weighted by atomic mass is 9.61. The van der Waals surface area contributed by atoms with Gasteiger partial charge in [0.2, 0.25) is 0 Å². The fourth-order valence-corrected chi connectivity index (χ4v) is 5.16. The lowest BCUT2D eigenvalue weighted by Gasteiger charge is -2.45. The number of rotatable bonds is 4. The average Bonchev–Trinajstić information content (AvgIpc) is 2.74. The van der Waals surface area contributed by atoms with Gasteiger partial charge in [0, 0.05) is 23.6 Å². The number of phenols is 1. The minimum atomic E-state index is -0.136. The first-order chi connectivity index (χ1) is 14.1. The fourth-order valence-electron chi connectivity index (χ4n) is 5.16. The summed E-state index contributed by atoms with van der Waals surface area (Å²) < 4.78 is 0. The molecule has 1 heterocycles. The Labute approximate surface area is 173 Å². The summed E-state index contributed by atoms with van der Waals surface area (Å²) in [5, 5.41) is 14.4. The molecule has 4 nitrogen and oxygen atoms in total. The van der Waals surface area contributed by atoms with E-state index in [9.17, 15) is 9.90 Å². The van der Waals surface area contributed by atoms with Crippen LogP contribution in [0.3, 0.4) is 0 Å². The van der Waals surface area contributed by atoms with E-state index in [1.54, 1.807) is 11.0 Å². The van der Waals surface area contributed by atoms with Crippen LogP contribution in [0.5, 0.6) is 5.75 Å². The molecule has 0 bridgehead atoms. The van der Waals surface area contributed by atoms with Crippen molar-refractivity contribution in [1.29, 1.82) is 0 Å². The van der Waals surface area contributed by atoms with E-state index in [4.69, 9.17) is 0 Å². The van der Waals surface area contributed by atoms with Gasteiger partial charge in [-0.3, -0.25) is 4.79 Å². The number of amides is 1. The van der Waals surface area contributed by atoms with Crippen molar-refractivity contribution in [1.82, 2.24) is 10.2 Å².